The van der Waals surface area contributed by atoms with Crippen LogP contribution < -0.4 is 5.32 Å². The molecule has 0 saturated carbocycles. The molecule has 0 fully saturated rings. The molecule has 0 unspecified atom stereocenters. The average Bonchev–Trinajstić information content (AvgIpc) is 3.00. The molecule has 1 N–H and O–H groups in total. The number of rotatable bonds is 5. The fraction of sp³-hybridized carbons (Fsp3) is 0.0435. The molecule has 0 spiro atoms. The number of ketones is 1. The molecule has 0 aliphatic carbocycles. The van der Waals surface area contributed by atoms with Crippen LogP contribution in [0.4, 0.5) is 5.69 Å². The molecule has 1 aliphatic rings. The zero-order valence-corrected chi connectivity index (χ0v) is 18.2. The predicted octanol–water partition coefficient (Wildman–Crippen LogP) is 4.57. The van der Waals surface area contributed by atoms with Crippen molar-refractivity contribution in [1.82, 2.24) is 4.90 Å². The second kappa shape index (κ2) is 8.45. The third-order valence-corrected chi connectivity index (χ3v) is 5.62. The summed E-state index contributed by atoms with van der Waals surface area (Å²) in [6, 6.07) is 17.8. The largest absolute Gasteiger partial charge is 0.324 e. The van der Waals surface area contributed by atoms with Gasteiger partial charge in [-0.2, -0.15) is 0 Å². The number of fused-ring (bicyclic) bond motifs is 1. The minimum Gasteiger partial charge on any atom is -0.324 e. The van der Waals surface area contributed by atoms with Gasteiger partial charge in [0.1, 0.15) is 6.54 Å². The van der Waals surface area contributed by atoms with E-state index >= 15 is 0 Å². The van der Waals surface area contributed by atoms with Crippen LogP contribution in [0.2, 0.25) is 5.02 Å². The van der Waals surface area contributed by atoms with Crippen molar-refractivity contribution in [2.75, 3.05) is 11.9 Å². The molecule has 6 nitrogen and oxygen atoms in total. The van der Waals surface area contributed by atoms with E-state index in [2.05, 4.69) is 21.2 Å². The first-order valence-corrected chi connectivity index (χ1v) is 10.4. The average molecular weight is 498 g/mol. The number of imide groups is 1. The standard InChI is InChI=1S/C23H14BrClN2O4/c24-13-9-10-19(17(11-13)21(29)16-7-3-4-8-18(16)25)26-20(28)12-27-22(30)14-5-1-2-6-15(14)23(27)31/h1-11H,12H2,(H,26,28). The fourth-order valence-electron chi connectivity index (χ4n) is 3.32. The van der Waals surface area contributed by atoms with Gasteiger partial charge < -0.3 is 5.32 Å². The van der Waals surface area contributed by atoms with Gasteiger partial charge in [-0.25, -0.2) is 0 Å². The molecule has 3 aromatic rings. The molecular formula is C23H14BrClN2O4. The lowest BCUT2D eigenvalue weighted by Crippen LogP contribution is -2.37. The van der Waals surface area contributed by atoms with Crippen LogP contribution >= 0.6 is 27.5 Å². The zero-order valence-electron chi connectivity index (χ0n) is 15.9. The summed E-state index contributed by atoms with van der Waals surface area (Å²) in [7, 11) is 0. The molecule has 0 saturated heterocycles. The van der Waals surface area contributed by atoms with Gasteiger partial charge in [-0.3, -0.25) is 24.1 Å². The van der Waals surface area contributed by atoms with Crippen molar-refractivity contribution in [3.05, 3.63) is 98.5 Å². The van der Waals surface area contributed by atoms with Crippen molar-refractivity contribution >= 4 is 56.7 Å². The monoisotopic (exact) mass is 496 g/mol. The molecule has 154 valence electrons. The molecule has 8 heteroatoms. The molecule has 0 radical (unpaired) electrons. The smallest absolute Gasteiger partial charge is 0.262 e. The molecule has 4 rings (SSSR count). The molecule has 1 aliphatic heterocycles. The molecule has 0 bridgehead atoms. The van der Waals surface area contributed by atoms with Crippen molar-refractivity contribution in [2.45, 2.75) is 0 Å². The summed E-state index contributed by atoms with van der Waals surface area (Å²) >= 11 is 9.48. The first-order chi connectivity index (χ1) is 14.9. The van der Waals surface area contributed by atoms with E-state index in [0.717, 1.165) is 4.90 Å². The summed E-state index contributed by atoms with van der Waals surface area (Å²) in [6.07, 6.45) is 0. The number of carbonyl (C=O) groups excluding carboxylic acids is 4. The summed E-state index contributed by atoms with van der Waals surface area (Å²) in [5.41, 5.74) is 1.28. The minimum absolute atomic E-state index is 0.221. The molecule has 3 aromatic carbocycles. The number of amides is 3. The Morgan fingerprint density at radius 2 is 1.48 bits per heavy atom. The lowest BCUT2D eigenvalue weighted by molar-refractivity contribution is -0.116. The summed E-state index contributed by atoms with van der Waals surface area (Å²) < 4.78 is 0.640. The molecule has 1 heterocycles. The van der Waals surface area contributed by atoms with Crippen molar-refractivity contribution in [1.29, 1.82) is 0 Å². The van der Waals surface area contributed by atoms with Crippen molar-refractivity contribution < 1.29 is 19.2 Å². The van der Waals surface area contributed by atoms with Gasteiger partial charge >= 0.3 is 0 Å². The maximum Gasteiger partial charge on any atom is 0.262 e. The molecule has 0 aromatic heterocycles. The number of halogens is 2. The van der Waals surface area contributed by atoms with Crippen molar-refractivity contribution in [2.24, 2.45) is 0 Å². The third-order valence-electron chi connectivity index (χ3n) is 4.80. The van der Waals surface area contributed by atoms with Gasteiger partial charge in [-0.15, -0.1) is 0 Å². The summed E-state index contributed by atoms with van der Waals surface area (Å²) in [5, 5.41) is 2.92. The molecule has 3 amide bonds. The van der Waals surface area contributed by atoms with E-state index in [-0.39, 0.29) is 38.7 Å². The van der Waals surface area contributed by atoms with E-state index in [4.69, 9.17) is 11.6 Å². The highest BCUT2D eigenvalue weighted by atomic mass is 79.9. The number of anilines is 1. The highest BCUT2D eigenvalue weighted by Crippen LogP contribution is 2.27. The highest BCUT2D eigenvalue weighted by Gasteiger charge is 2.36. The van der Waals surface area contributed by atoms with Crippen LogP contribution in [0.5, 0.6) is 0 Å². The van der Waals surface area contributed by atoms with Gasteiger partial charge in [0.15, 0.2) is 5.78 Å². The number of carbonyl (C=O) groups is 4. The SMILES string of the molecule is O=C(CN1C(=O)c2ccccc2C1=O)Nc1ccc(Br)cc1C(=O)c1ccccc1Cl. The van der Waals surface area contributed by atoms with Crippen LogP contribution in [0, 0.1) is 0 Å². The Hall–Kier alpha value is -3.29. The van der Waals surface area contributed by atoms with E-state index in [1.54, 1.807) is 66.7 Å². The summed E-state index contributed by atoms with van der Waals surface area (Å²) in [6.45, 7) is -0.470. The topological polar surface area (TPSA) is 83.6 Å². The number of benzene rings is 3. The molecular weight excluding hydrogens is 484 g/mol. The normalized spacial score (nSPS) is 12.6. The maximum absolute atomic E-state index is 13.0. The van der Waals surface area contributed by atoms with Gasteiger partial charge in [0.25, 0.3) is 11.8 Å². The highest BCUT2D eigenvalue weighted by molar-refractivity contribution is 9.10. The molecule has 31 heavy (non-hydrogen) atoms. The Morgan fingerprint density at radius 3 is 2.13 bits per heavy atom. The van der Waals surface area contributed by atoms with E-state index in [1.165, 1.54) is 0 Å². The van der Waals surface area contributed by atoms with Crippen LogP contribution in [0.3, 0.4) is 0 Å². The van der Waals surface area contributed by atoms with Crippen LogP contribution in [0.1, 0.15) is 36.6 Å². The predicted molar refractivity (Wildman–Crippen MR) is 119 cm³/mol. The van der Waals surface area contributed by atoms with Gasteiger partial charge in [-0.05, 0) is 42.5 Å². The van der Waals surface area contributed by atoms with Gasteiger partial charge in [-0.1, -0.05) is 51.8 Å². The second-order valence-electron chi connectivity index (χ2n) is 6.79. The Morgan fingerprint density at radius 1 is 0.871 bits per heavy atom. The lowest BCUT2D eigenvalue weighted by Gasteiger charge is -2.15. The fourth-order valence-corrected chi connectivity index (χ4v) is 3.90. The number of hydrogen-bond donors (Lipinski definition) is 1. The maximum atomic E-state index is 13.0. The first kappa shape index (κ1) is 21.0. The van der Waals surface area contributed by atoms with Crippen LogP contribution in [-0.4, -0.2) is 34.9 Å². The zero-order chi connectivity index (χ0) is 22.1. The van der Waals surface area contributed by atoms with Crippen LogP contribution in [-0.2, 0) is 4.79 Å². The van der Waals surface area contributed by atoms with E-state index in [9.17, 15) is 19.2 Å². The second-order valence-corrected chi connectivity index (χ2v) is 8.11. The Labute approximate surface area is 190 Å². The van der Waals surface area contributed by atoms with E-state index in [1.807, 2.05) is 0 Å². The lowest BCUT2D eigenvalue weighted by atomic mass is 10.0. The minimum atomic E-state index is -0.606. The Balaban J connectivity index is 1.57. The number of hydrogen-bond acceptors (Lipinski definition) is 4. The van der Waals surface area contributed by atoms with Crippen LogP contribution in [0.15, 0.2) is 71.2 Å². The number of nitrogens with one attached hydrogen (secondary N) is 1. The van der Waals surface area contributed by atoms with E-state index in [0.29, 0.717) is 4.47 Å². The Kier molecular flexibility index (Phi) is 5.71. The summed E-state index contributed by atoms with van der Waals surface area (Å²) in [5.74, 6) is -2.04. The van der Waals surface area contributed by atoms with Crippen LogP contribution in [0.25, 0.3) is 0 Å². The van der Waals surface area contributed by atoms with Gasteiger partial charge in [0, 0.05) is 15.6 Å². The van der Waals surface area contributed by atoms with Gasteiger partial charge in [0.05, 0.1) is 21.8 Å². The number of nitrogens with zero attached hydrogens (tertiary/aromatic N) is 1. The summed E-state index contributed by atoms with van der Waals surface area (Å²) in [4.78, 5) is 51.6. The van der Waals surface area contributed by atoms with E-state index < -0.39 is 24.3 Å². The molecule has 0 atom stereocenters. The van der Waals surface area contributed by atoms with Gasteiger partial charge in [0.2, 0.25) is 5.91 Å². The van der Waals surface area contributed by atoms with Crippen molar-refractivity contribution in [3.8, 4) is 0 Å². The third kappa shape index (κ3) is 4.02. The van der Waals surface area contributed by atoms with Crippen molar-refractivity contribution in [3.63, 3.8) is 0 Å². The first-order valence-electron chi connectivity index (χ1n) is 9.20. The quantitative estimate of drug-likeness (QED) is 0.413. The Bertz CT molecular complexity index is 1220.